The monoisotopic (exact) mass is 718 g/mol. The lowest BCUT2D eigenvalue weighted by atomic mass is 9.66. The molecular weight excluding hydrogens is 668 g/mol. The van der Waals surface area contributed by atoms with E-state index in [0.29, 0.717) is 26.4 Å². The molecule has 0 bridgehead atoms. The van der Waals surface area contributed by atoms with Crippen LogP contribution in [0.4, 0.5) is 0 Å². The Bertz CT molecular complexity index is 1770. The van der Waals surface area contributed by atoms with Crippen molar-refractivity contribution in [3.8, 4) is 22.6 Å². The summed E-state index contributed by atoms with van der Waals surface area (Å²) in [5.41, 5.74) is 10.7. The van der Waals surface area contributed by atoms with E-state index < -0.39 is 17.4 Å². The lowest BCUT2D eigenvalue weighted by Crippen LogP contribution is -2.29. The van der Waals surface area contributed by atoms with Crippen molar-refractivity contribution < 1.29 is 38.0 Å². The number of rotatable bonds is 18. The first kappa shape index (κ1) is 39.0. The molecule has 0 fully saturated rings. The third kappa shape index (κ3) is 8.56. The second-order valence-electron chi connectivity index (χ2n) is 13.5. The fourth-order valence-corrected chi connectivity index (χ4v) is 7.28. The smallest absolute Gasteiger partial charge is 0.330 e. The van der Waals surface area contributed by atoms with Gasteiger partial charge in [0, 0.05) is 12.2 Å². The minimum absolute atomic E-state index is 0.270. The van der Waals surface area contributed by atoms with Crippen LogP contribution in [0.3, 0.4) is 0 Å². The van der Waals surface area contributed by atoms with Gasteiger partial charge in [-0.25, -0.2) is 9.59 Å². The first-order valence-corrected chi connectivity index (χ1v) is 18.0. The number of carbonyl (C=O) groups is 2. The Morgan fingerprint density at radius 2 is 0.962 bits per heavy atom. The Balaban J connectivity index is 1.43. The quantitative estimate of drug-likeness (QED) is 0.0508. The Morgan fingerprint density at radius 3 is 1.32 bits per heavy atom. The molecule has 8 nitrogen and oxygen atoms in total. The minimum Gasteiger partial charge on any atom is -0.491 e. The maximum absolute atomic E-state index is 11.5. The van der Waals surface area contributed by atoms with E-state index in [0.717, 1.165) is 57.0 Å². The molecule has 53 heavy (non-hydrogen) atoms. The minimum atomic E-state index is -0.598. The summed E-state index contributed by atoms with van der Waals surface area (Å²) in [6.45, 7) is 20.7. The van der Waals surface area contributed by atoms with Gasteiger partial charge in [-0.15, -0.1) is 0 Å². The van der Waals surface area contributed by atoms with Crippen LogP contribution in [-0.4, -0.2) is 63.8 Å². The molecule has 278 valence electrons. The van der Waals surface area contributed by atoms with Gasteiger partial charge in [-0.05, 0) is 97.2 Å². The summed E-state index contributed by atoms with van der Waals surface area (Å²) >= 11 is 0. The molecule has 1 aliphatic rings. The van der Waals surface area contributed by atoms with Gasteiger partial charge in [0.2, 0.25) is 0 Å². The van der Waals surface area contributed by atoms with E-state index in [2.05, 4.69) is 114 Å². The first-order chi connectivity index (χ1) is 25.5. The largest absolute Gasteiger partial charge is 0.491 e. The molecule has 4 aromatic rings. The van der Waals surface area contributed by atoms with Crippen molar-refractivity contribution in [1.29, 1.82) is 0 Å². The summed E-state index contributed by atoms with van der Waals surface area (Å²) in [7, 11) is 0. The topological polar surface area (TPSA) is 89.5 Å². The highest BCUT2D eigenvalue weighted by Gasteiger charge is 2.46. The molecular formula is C45H50O8. The van der Waals surface area contributed by atoms with Crippen molar-refractivity contribution >= 4 is 11.9 Å². The third-order valence-corrected chi connectivity index (χ3v) is 9.36. The van der Waals surface area contributed by atoms with E-state index >= 15 is 0 Å². The van der Waals surface area contributed by atoms with Crippen LogP contribution < -0.4 is 9.47 Å². The molecule has 0 N–H and O–H groups in total. The number of esters is 2. The second kappa shape index (κ2) is 17.6. The Kier molecular flexibility index (Phi) is 12.9. The number of ether oxygens (including phenoxy) is 6. The molecule has 0 spiro atoms. The van der Waals surface area contributed by atoms with Crippen molar-refractivity contribution in [2.75, 3.05) is 39.6 Å². The van der Waals surface area contributed by atoms with Crippen molar-refractivity contribution in [2.24, 2.45) is 0 Å². The van der Waals surface area contributed by atoms with Crippen molar-refractivity contribution in [3.63, 3.8) is 0 Å². The standard InChI is InChI=1S/C45H50O8/c1-9-41(46)52-33(7)27-48-19-21-50-43-29(3)23-35(24-30(43)4)45(39-17-13-11-15-37(39)38-16-12-14-18-40(38)45)36-25-31(5)44(32(6)26-36)51-22-20-49-28-34(8)53-42(47)10-2/h9-18,23-26,33-34H,1-2,19-22,27-28H2,3-8H3. The Labute approximate surface area is 313 Å². The number of benzene rings is 4. The summed E-state index contributed by atoms with van der Waals surface area (Å²) in [4.78, 5) is 22.9. The molecule has 5 rings (SSSR count). The third-order valence-electron chi connectivity index (χ3n) is 9.36. The highest BCUT2D eigenvalue weighted by Crippen LogP contribution is 2.57. The molecule has 0 saturated carbocycles. The summed E-state index contributed by atoms with van der Waals surface area (Å²) in [5.74, 6) is 0.708. The summed E-state index contributed by atoms with van der Waals surface area (Å²) in [5, 5.41) is 0. The van der Waals surface area contributed by atoms with Crippen molar-refractivity contribution in [2.45, 2.75) is 59.2 Å². The molecule has 4 aromatic carbocycles. The lowest BCUT2D eigenvalue weighted by molar-refractivity contribution is -0.145. The van der Waals surface area contributed by atoms with E-state index in [4.69, 9.17) is 28.4 Å². The molecule has 0 radical (unpaired) electrons. The van der Waals surface area contributed by atoms with Gasteiger partial charge in [-0.3, -0.25) is 0 Å². The van der Waals surface area contributed by atoms with Crippen LogP contribution in [0, 0.1) is 27.7 Å². The van der Waals surface area contributed by atoms with Crippen LogP contribution in [-0.2, 0) is 34.0 Å². The van der Waals surface area contributed by atoms with Gasteiger partial charge in [0.1, 0.15) is 36.9 Å². The van der Waals surface area contributed by atoms with Crippen molar-refractivity contribution in [1.82, 2.24) is 0 Å². The normalized spacial score (nSPS) is 13.6. The predicted octanol–water partition coefficient (Wildman–Crippen LogP) is 8.31. The van der Waals surface area contributed by atoms with Gasteiger partial charge >= 0.3 is 11.9 Å². The average Bonchev–Trinajstić information content (AvgIpc) is 3.44. The molecule has 8 heteroatoms. The van der Waals surface area contributed by atoms with Crippen LogP contribution in [0.1, 0.15) is 58.4 Å². The van der Waals surface area contributed by atoms with Crippen LogP contribution in [0.25, 0.3) is 11.1 Å². The van der Waals surface area contributed by atoms with Crippen LogP contribution in [0.15, 0.2) is 98.1 Å². The van der Waals surface area contributed by atoms with Crippen LogP contribution in [0.5, 0.6) is 11.5 Å². The maximum atomic E-state index is 11.5. The molecule has 1 aliphatic carbocycles. The van der Waals surface area contributed by atoms with Crippen LogP contribution >= 0.6 is 0 Å². The molecule has 0 aliphatic heterocycles. The van der Waals surface area contributed by atoms with Gasteiger partial charge in [0.15, 0.2) is 0 Å². The predicted molar refractivity (Wildman–Crippen MR) is 207 cm³/mol. The first-order valence-electron chi connectivity index (χ1n) is 18.0. The molecule has 0 heterocycles. The van der Waals surface area contributed by atoms with E-state index in [1.165, 1.54) is 22.3 Å². The zero-order valence-electron chi connectivity index (χ0n) is 31.7. The zero-order chi connectivity index (χ0) is 38.1. The SMILES string of the molecule is C=CC(=O)OC(C)COCCOc1c(C)cc(C2(c3cc(C)c(OCCOCC(C)OC(=O)C=C)c(C)c3)c3ccccc3-c3ccccc32)cc1C. The number of aryl methyl sites for hydroxylation is 4. The number of carbonyl (C=O) groups excluding carboxylic acids is 2. The van der Waals surface area contributed by atoms with Crippen molar-refractivity contribution in [3.05, 3.63) is 143 Å². The van der Waals surface area contributed by atoms with Gasteiger partial charge < -0.3 is 28.4 Å². The fourth-order valence-electron chi connectivity index (χ4n) is 7.28. The van der Waals surface area contributed by atoms with E-state index in [-0.39, 0.29) is 25.4 Å². The Hall–Kier alpha value is -5.18. The number of fused-ring (bicyclic) bond motifs is 3. The maximum Gasteiger partial charge on any atom is 0.330 e. The van der Waals surface area contributed by atoms with E-state index in [1.807, 2.05) is 0 Å². The molecule has 0 amide bonds. The second-order valence-corrected chi connectivity index (χ2v) is 13.5. The molecule has 2 unspecified atom stereocenters. The highest BCUT2D eigenvalue weighted by molar-refractivity contribution is 5.86. The van der Waals surface area contributed by atoms with E-state index in [1.54, 1.807) is 13.8 Å². The Morgan fingerprint density at radius 1 is 0.604 bits per heavy atom. The van der Waals surface area contributed by atoms with Gasteiger partial charge in [-0.1, -0.05) is 86.0 Å². The molecule has 0 saturated heterocycles. The molecule has 0 aromatic heterocycles. The van der Waals surface area contributed by atoms with Gasteiger partial charge in [0.05, 0.1) is 31.8 Å². The van der Waals surface area contributed by atoms with Gasteiger partial charge in [-0.2, -0.15) is 0 Å². The molecule has 2 atom stereocenters. The number of hydrogen-bond acceptors (Lipinski definition) is 8. The number of hydrogen-bond donors (Lipinski definition) is 0. The highest BCUT2D eigenvalue weighted by atomic mass is 16.6. The average molecular weight is 719 g/mol. The van der Waals surface area contributed by atoms with Gasteiger partial charge in [0.25, 0.3) is 0 Å². The lowest BCUT2D eigenvalue weighted by Gasteiger charge is -2.35. The van der Waals surface area contributed by atoms with E-state index in [9.17, 15) is 9.59 Å². The summed E-state index contributed by atoms with van der Waals surface area (Å²) in [6.07, 6.45) is 1.53. The zero-order valence-corrected chi connectivity index (χ0v) is 31.7. The summed E-state index contributed by atoms with van der Waals surface area (Å²) in [6, 6.07) is 26.3. The van der Waals surface area contributed by atoms with Crippen LogP contribution in [0.2, 0.25) is 0 Å². The summed E-state index contributed by atoms with van der Waals surface area (Å²) < 4.78 is 34.4. The fraction of sp³-hybridized carbons (Fsp3) is 0.333.